The maximum absolute atomic E-state index is 12.3. The average Bonchev–Trinajstić information content (AvgIpc) is 3.07. The molecule has 4 unspecified atom stereocenters. The highest BCUT2D eigenvalue weighted by molar-refractivity contribution is 6.06. The van der Waals surface area contributed by atoms with Gasteiger partial charge in [-0.15, -0.1) is 0 Å². The van der Waals surface area contributed by atoms with E-state index in [4.69, 9.17) is 5.73 Å². The second kappa shape index (κ2) is 4.70. The van der Waals surface area contributed by atoms with E-state index >= 15 is 0 Å². The number of nitrogens with two attached hydrogens (primary N) is 1. The smallest absolute Gasteiger partial charge is 0.236 e. The molecule has 1 saturated carbocycles. The van der Waals surface area contributed by atoms with Gasteiger partial charge in [-0.05, 0) is 25.2 Å². The first-order valence-corrected chi connectivity index (χ1v) is 7.07. The first-order valence-electron chi connectivity index (χ1n) is 7.07. The van der Waals surface area contributed by atoms with Crippen molar-refractivity contribution >= 4 is 17.7 Å². The summed E-state index contributed by atoms with van der Waals surface area (Å²) in [5.74, 6) is -0.303. The first kappa shape index (κ1) is 13.3. The van der Waals surface area contributed by atoms with Crippen molar-refractivity contribution in [2.45, 2.75) is 19.4 Å². The number of allylic oxidation sites excluding steroid dienone is 2. The predicted octanol–water partition coefficient (Wildman–Crippen LogP) is -0.743. The highest BCUT2D eigenvalue weighted by atomic mass is 16.2. The maximum Gasteiger partial charge on any atom is 0.236 e. The number of nitrogens with zero attached hydrogens (tertiary/aromatic N) is 1. The lowest BCUT2D eigenvalue weighted by molar-refractivity contribution is -0.141. The van der Waals surface area contributed by atoms with Gasteiger partial charge in [-0.25, -0.2) is 0 Å². The van der Waals surface area contributed by atoms with E-state index in [9.17, 15) is 14.4 Å². The Hall–Kier alpha value is -1.69. The molecule has 1 heterocycles. The van der Waals surface area contributed by atoms with E-state index < -0.39 is 6.04 Å². The van der Waals surface area contributed by atoms with Gasteiger partial charge in [0.1, 0.15) is 0 Å². The average molecular weight is 277 g/mol. The van der Waals surface area contributed by atoms with Gasteiger partial charge in [-0.1, -0.05) is 12.2 Å². The Morgan fingerprint density at radius 1 is 1.35 bits per heavy atom. The number of amides is 3. The summed E-state index contributed by atoms with van der Waals surface area (Å²) < 4.78 is 0. The maximum atomic E-state index is 12.3. The summed E-state index contributed by atoms with van der Waals surface area (Å²) in [5.41, 5.74) is 5.44. The van der Waals surface area contributed by atoms with Gasteiger partial charge >= 0.3 is 0 Å². The highest BCUT2D eigenvalue weighted by Gasteiger charge is 2.58. The molecule has 2 aliphatic carbocycles. The van der Waals surface area contributed by atoms with E-state index in [-0.39, 0.29) is 54.5 Å². The van der Waals surface area contributed by atoms with Gasteiger partial charge in [0, 0.05) is 13.1 Å². The van der Waals surface area contributed by atoms with E-state index in [2.05, 4.69) is 17.5 Å². The quantitative estimate of drug-likeness (QED) is 0.523. The Morgan fingerprint density at radius 3 is 2.40 bits per heavy atom. The molecule has 3 rings (SSSR count). The third-order valence-corrected chi connectivity index (χ3v) is 4.61. The summed E-state index contributed by atoms with van der Waals surface area (Å²) in [6.45, 7) is 2.10. The van der Waals surface area contributed by atoms with Gasteiger partial charge in [0.25, 0.3) is 0 Å². The molecule has 6 heteroatoms. The lowest BCUT2D eigenvalue weighted by atomic mass is 9.85. The van der Waals surface area contributed by atoms with Crippen molar-refractivity contribution in [1.82, 2.24) is 10.2 Å². The molecular weight excluding hydrogens is 258 g/mol. The Kier molecular flexibility index (Phi) is 3.12. The second-order valence-corrected chi connectivity index (χ2v) is 5.91. The minimum Gasteiger partial charge on any atom is -0.353 e. The number of nitrogens with one attached hydrogen (secondary N) is 1. The van der Waals surface area contributed by atoms with Gasteiger partial charge in [-0.3, -0.25) is 19.3 Å². The fourth-order valence-electron chi connectivity index (χ4n) is 3.64. The van der Waals surface area contributed by atoms with Gasteiger partial charge in [-0.2, -0.15) is 0 Å². The van der Waals surface area contributed by atoms with Crippen molar-refractivity contribution in [3.63, 3.8) is 0 Å². The van der Waals surface area contributed by atoms with Crippen molar-refractivity contribution in [3.05, 3.63) is 12.2 Å². The number of rotatable bonds is 4. The van der Waals surface area contributed by atoms with Gasteiger partial charge in [0.2, 0.25) is 17.7 Å². The van der Waals surface area contributed by atoms with Gasteiger partial charge in [0.05, 0.1) is 17.9 Å². The predicted molar refractivity (Wildman–Crippen MR) is 71.1 cm³/mol. The number of carbonyl (C=O) groups is 3. The number of imide groups is 1. The zero-order valence-corrected chi connectivity index (χ0v) is 11.4. The van der Waals surface area contributed by atoms with E-state index in [1.807, 2.05) is 0 Å². The highest BCUT2D eigenvalue weighted by Crippen LogP contribution is 2.52. The SMILES string of the molecule is C[C@@H](N)C(=O)NCCN1C(=O)C2C3C=CC(C3)C2C1=O. The Labute approximate surface area is 117 Å². The molecule has 0 aromatic rings. The molecule has 6 nitrogen and oxygen atoms in total. The summed E-state index contributed by atoms with van der Waals surface area (Å²) in [5, 5.41) is 2.63. The zero-order chi connectivity index (χ0) is 14.4. The van der Waals surface area contributed by atoms with E-state index in [0.717, 1.165) is 6.42 Å². The van der Waals surface area contributed by atoms with E-state index in [1.165, 1.54) is 4.90 Å². The van der Waals surface area contributed by atoms with Gasteiger partial charge in [0.15, 0.2) is 0 Å². The van der Waals surface area contributed by atoms with Crippen molar-refractivity contribution in [2.75, 3.05) is 13.1 Å². The molecule has 2 fully saturated rings. The zero-order valence-electron chi connectivity index (χ0n) is 11.4. The Morgan fingerprint density at radius 2 is 1.90 bits per heavy atom. The van der Waals surface area contributed by atoms with Crippen LogP contribution in [0.4, 0.5) is 0 Å². The fraction of sp³-hybridized carbons (Fsp3) is 0.643. The minimum absolute atomic E-state index is 0.0769. The molecule has 108 valence electrons. The van der Waals surface area contributed by atoms with Crippen LogP contribution < -0.4 is 11.1 Å². The normalized spacial score (nSPS) is 35.6. The molecule has 20 heavy (non-hydrogen) atoms. The largest absolute Gasteiger partial charge is 0.353 e. The summed E-state index contributed by atoms with van der Waals surface area (Å²) in [6.07, 6.45) is 5.07. The van der Waals surface area contributed by atoms with Crippen molar-refractivity contribution in [2.24, 2.45) is 29.4 Å². The molecule has 1 saturated heterocycles. The molecule has 1 aliphatic heterocycles. The molecule has 3 aliphatic rings. The van der Waals surface area contributed by atoms with Crippen LogP contribution in [0.5, 0.6) is 0 Å². The van der Waals surface area contributed by atoms with Crippen molar-refractivity contribution in [3.8, 4) is 0 Å². The standard InChI is InChI=1S/C14H19N3O3/c1-7(15)12(18)16-4-5-17-13(19)10-8-2-3-9(6-8)11(10)14(17)20/h2-3,7-11H,4-6,15H2,1H3,(H,16,18)/t7-,8?,9?,10?,11?/m1/s1. The monoisotopic (exact) mass is 277 g/mol. The number of hydrogen-bond acceptors (Lipinski definition) is 4. The first-order chi connectivity index (χ1) is 9.50. The third-order valence-electron chi connectivity index (χ3n) is 4.61. The van der Waals surface area contributed by atoms with Crippen LogP contribution in [0.3, 0.4) is 0 Å². The molecule has 0 radical (unpaired) electrons. The molecular formula is C14H19N3O3. The second-order valence-electron chi connectivity index (χ2n) is 5.91. The molecule has 0 aromatic carbocycles. The molecule has 0 spiro atoms. The lowest BCUT2D eigenvalue weighted by Crippen LogP contribution is -2.44. The lowest BCUT2D eigenvalue weighted by Gasteiger charge is -2.17. The summed E-state index contributed by atoms with van der Waals surface area (Å²) in [4.78, 5) is 37.3. The van der Waals surface area contributed by atoms with Crippen LogP contribution in [-0.4, -0.2) is 41.8 Å². The van der Waals surface area contributed by atoms with Crippen LogP contribution >= 0.6 is 0 Å². The van der Waals surface area contributed by atoms with Gasteiger partial charge < -0.3 is 11.1 Å². The topological polar surface area (TPSA) is 92.5 Å². The summed E-state index contributed by atoms with van der Waals surface area (Å²) in [7, 11) is 0. The number of carbonyl (C=O) groups excluding carboxylic acids is 3. The van der Waals surface area contributed by atoms with E-state index in [0.29, 0.717) is 0 Å². The Bertz CT molecular complexity index is 470. The molecule has 3 N–H and O–H groups in total. The molecule has 3 amide bonds. The number of likely N-dealkylation sites (tertiary alicyclic amines) is 1. The van der Waals surface area contributed by atoms with Crippen LogP contribution in [0, 0.1) is 23.7 Å². The summed E-state index contributed by atoms with van der Waals surface area (Å²) in [6, 6.07) is -0.584. The summed E-state index contributed by atoms with van der Waals surface area (Å²) >= 11 is 0. The fourth-order valence-corrected chi connectivity index (χ4v) is 3.64. The van der Waals surface area contributed by atoms with Crippen LogP contribution in [0.15, 0.2) is 12.2 Å². The third kappa shape index (κ3) is 1.86. The minimum atomic E-state index is -0.584. The molecule has 5 atom stereocenters. The van der Waals surface area contributed by atoms with E-state index in [1.54, 1.807) is 6.92 Å². The molecule has 2 bridgehead atoms. The van der Waals surface area contributed by atoms with Crippen molar-refractivity contribution < 1.29 is 14.4 Å². The van der Waals surface area contributed by atoms with Crippen LogP contribution in [0.25, 0.3) is 0 Å². The van der Waals surface area contributed by atoms with Crippen molar-refractivity contribution in [1.29, 1.82) is 0 Å². The number of hydrogen-bond donors (Lipinski definition) is 2. The van der Waals surface area contributed by atoms with Crippen LogP contribution in [0.2, 0.25) is 0 Å². The van der Waals surface area contributed by atoms with Crippen LogP contribution in [0.1, 0.15) is 13.3 Å². The Balaban J connectivity index is 1.61. The number of fused-ring (bicyclic) bond motifs is 5. The van der Waals surface area contributed by atoms with Crippen LogP contribution in [-0.2, 0) is 14.4 Å². The molecule has 0 aromatic heterocycles.